The van der Waals surface area contributed by atoms with Crippen LogP contribution < -0.4 is 5.32 Å². The molecule has 0 amide bonds. The van der Waals surface area contributed by atoms with Crippen molar-refractivity contribution in [3.63, 3.8) is 0 Å². The maximum absolute atomic E-state index is 13.3. The van der Waals surface area contributed by atoms with Crippen molar-refractivity contribution in [2.24, 2.45) is 0 Å². The van der Waals surface area contributed by atoms with Gasteiger partial charge in [0.2, 0.25) is 0 Å². The second-order valence-corrected chi connectivity index (χ2v) is 4.64. The third-order valence-electron chi connectivity index (χ3n) is 3.09. The Hall–Kier alpha value is -1.38. The molecule has 1 nitrogen and oxygen atoms in total. The van der Waals surface area contributed by atoms with Gasteiger partial charge in [-0.2, -0.15) is 0 Å². The zero-order valence-corrected chi connectivity index (χ0v) is 11.1. The third kappa shape index (κ3) is 2.55. The summed E-state index contributed by atoms with van der Waals surface area (Å²) in [6.45, 7) is 1.97. The fourth-order valence-corrected chi connectivity index (χ4v) is 2.31. The lowest BCUT2D eigenvalue weighted by Gasteiger charge is -2.20. The molecule has 0 aliphatic rings. The molecule has 1 N–H and O–H groups in total. The van der Waals surface area contributed by atoms with E-state index in [0.29, 0.717) is 0 Å². The van der Waals surface area contributed by atoms with E-state index in [2.05, 4.69) is 5.32 Å². The molecule has 2 aromatic carbocycles. The molecule has 0 radical (unpaired) electrons. The van der Waals surface area contributed by atoms with Gasteiger partial charge in [-0.1, -0.05) is 35.9 Å². The van der Waals surface area contributed by atoms with Crippen molar-refractivity contribution in [1.29, 1.82) is 0 Å². The van der Waals surface area contributed by atoms with Gasteiger partial charge in [0, 0.05) is 5.02 Å². The minimum Gasteiger partial charge on any atom is -0.309 e. The smallest absolute Gasteiger partial charge is 0.123 e. The van der Waals surface area contributed by atoms with E-state index in [4.69, 9.17) is 11.6 Å². The molecule has 0 saturated carbocycles. The van der Waals surface area contributed by atoms with Crippen LogP contribution in [-0.2, 0) is 0 Å². The van der Waals surface area contributed by atoms with Crippen LogP contribution >= 0.6 is 11.6 Å². The Labute approximate surface area is 112 Å². The van der Waals surface area contributed by atoms with E-state index in [1.807, 2.05) is 38.2 Å². The molecule has 0 aliphatic heterocycles. The minimum atomic E-state index is -0.229. The van der Waals surface area contributed by atoms with E-state index in [0.717, 1.165) is 21.7 Å². The van der Waals surface area contributed by atoms with Crippen LogP contribution in [0.5, 0.6) is 0 Å². The van der Waals surface area contributed by atoms with Crippen molar-refractivity contribution in [1.82, 2.24) is 5.32 Å². The normalized spacial score (nSPS) is 12.4. The molecule has 94 valence electrons. The van der Waals surface area contributed by atoms with Crippen LogP contribution in [0.15, 0.2) is 42.5 Å². The van der Waals surface area contributed by atoms with Crippen molar-refractivity contribution in [3.05, 3.63) is 70.0 Å². The van der Waals surface area contributed by atoms with Gasteiger partial charge in [0.1, 0.15) is 5.82 Å². The first-order valence-electron chi connectivity index (χ1n) is 5.81. The minimum absolute atomic E-state index is 0.0561. The number of nitrogens with one attached hydrogen (secondary N) is 1. The molecule has 1 unspecified atom stereocenters. The molecule has 2 aromatic rings. The molecule has 3 heteroatoms. The van der Waals surface area contributed by atoms with Crippen LogP contribution in [0.1, 0.15) is 22.7 Å². The quantitative estimate of drug-likeness (QED) is 0.879. The van der Waals surface area contributed by atoms with Gasteiger partial charge in [-0.25, -0.2) is 4.39 Å². The summed E-state index contributed by atoms with van der Waals surface area (Å²) in [4.78, 5) is 0. The monoisotopic (exact) mass is 263 g/mol. The average Bonchev–Trinajstić information content (AvgIpc) is 2.35. The SMILES string of the molecule is CNC(c1cccc(F)c1)c1cccc(Cl)c1C. The second-order valence-electron chi connectivity index (χ2n) is 4.23. The predicted octanol–water partition coefficient (Wildman–Crippen LogP) is 4.10. The molecule has 0 aliphatic carbocycles. The topological polar surface area (TPSA) is 12.0 Å². The van der Waals surface area contributed by atoms with Crippen molar-refractivity contribution >= 4 is 11.6 Å². The van der Waals surface area contributed by atoms with Gasteiger partial charge in [0.05, 0.1) is 6.04 Å². The maximum Gasteiger partial charge on any atom is 0.123 e. The first-order chi connectivity index (χ1) is 8.63. The summed E-state index contributed by atoms with van der Waals surface area (Å²) < 4.78 is 13.3. The van der Waals surface area contributed by atoms with Crippen LogP contribution in [-0.4, -0.2) is 7.05 Å². The summed E-state index contributed by atoms with van der Waals surface area (Å²) in [6.07, 6.45) is 0. The lowest BCUT2D eigenvalue weighted by molar-refractivity contribution is 0.616. The standard InChI is InChI=1S/C15H15ClFN/c1-10-13(7-4-8-14(10)16)15(18-2)11-5-3-6-12(17)9-11/h3-9,15,18H,1-2H3. The Morgan fingerprint density at radius 3 is 2.56 bits per heavy atom. The highest BCUT2D eigenvalue weighted by atomic mass is 35.5. The van der Waals surface area contributed by atoms with Crippen molar-refractivity contribution < 1.29 is 4.39 Å². The van der Waals surface area contributed by atoms with Gasteiger partial charge in [-0.3, -0.25) is 0 Å². The summed E-state index contributed by atoms with van der Waals surface area (Å²) in [6, 6.07) is 12.3. The zero-order valence-electron chi connectivity index (χ0n) is 10.4. The van der Waals surface area contributed by atoms with Gasteiger partial charge in [0.25, 0.3) is 0 Å². The summed E-state index contributed by atoms with van der Waals surface area (Å²) in [5.41, 5.74) is 2.97. The van der Waals surface area contributed by atoms with Crippen LogP contribution in [0.2, 0.25) is 5.02 Å². The van der Waals surface area contributed by atoms with E-state index in [1.54, 1.807) is 12.1 Å². The Balaban J connectivity index is 2.49. The molecular formula is C15H15ClFN. The molecule has 0 spiro atoms. The molecule has 0 heterocycles. The summed E-state index contributed by atoms with van der Waals surface area (Å²) in [7, 11) is 1.86. The van der Waals surface area contributed by atoms with E-state index in [-0.39, 0.29) is 11.9 Å². The Morgan fingerprint density at radius 2 is 1.89 bits per heavy atom. The van der Waals surface area contributed by atoms with Crippen LogP contribution in [0, 0.1) is 12.7 Å². The van der Waals surface area contributed by atoms with E-state index < -0.39 is 0 Å². The zero-order chi connectivity index (χ0) is 13.1. The van der Waals surface area contributed by atoms with Gasteiger partial charge in [-0.15, -0.1) is 0 Å². The highest BCUT2D eigenvalue weighted by Gasteiger charge is 2.15. The van der Waals surface area contributed by atoms with Crippen LogP contribution in [0.3, 0.4) is 0 Å². The first kappa shape index (κ1) is 13.1. The van der Waals surface area contributed by atoms with Crippen molar-refractivity contribution in [3.8, 4) is 0 Å². The molecular weight excluding hydrogens is 249 g/mol. The van der Waals surface area contributed by atoms with E-state index in [9.17, 15) is 4.39 Å². The fourth-order valence-electron chi connectivity index (χ4n) is 2.12. The van der Waals surface area contributed by atoms with Crippen molar-refractivity contribution in [2.75, 3.05) is 7.05 Å². The van der Waals surface area contributed by atoms with E-state index in [1.165, 1.54) is 6.07 Å². The highest BCUT2D eigenvalue weighted by molar-refractivity contribution is 6.31. The Bertz CT molecular complexity index is 554. The molecule has 0 bridgehead atoms. The number of rotatable bonds is 3. The average molecular weight is 264 g/mol. The van der Waals surface area contributed by atoms with Gasteiger partial charge in [0.15, 0.2) is 0 Å². The lowest BCUT2D eigenvalue weighted by Crippen LogP contribution is -2.18. The Kier molecular flexibility index (Phi) is 4.00. The third-order valence-corrected chi connectivity index (χ3v) is 3.50. The van der Waals surface area contributed by atoms with Gasteiger partial charge >= 0.3 is 0 Å². The first-order valence-corrected chi connectivity index (χ1v) is 6.19. The summed E-state index contributed by atoms with van der Waals surface area (Å²) in [5.74, 6) is -0.229. The number of halogens is 2. The molecule has 0 fully saturated rings. The van der Waals surface area contributed by atoms with Gasteiger partial charge in [-0.05, 0) is 48.9 Å². The molecule has 2 rings (SSSR count). The van der Waals surface area contributed by atoms with Gasteiger partial charge < -0.3 is 5.32 Å². The summed E-state index contributed by atoms with van der Waals surface area (Å²) >= 11 is 6.13. The fraction of sp³-hybridized carbons (Fsp3) is 0.200. The molecule has 1 atom stereocenters. The Morgan fingerprint density at radius 1 is 1.17 bits per heavy atom. The number of benzene rings is 2. The van der Waals surface area contributed by atoms with Crippen LogP contribution in [0.25, 0.3) is 0 Å². The predicted molar refractivity (Wildman–Crippen MR) is 73.5 cm³/mol. The number of hydrogen-bond donors (Lipinski definition) is 1. The summed E-state index contributed by atoms with van der Waals surface area (Å²) in [5, 5.41) is 3.93. The van der Waals surface area contributed by atoms with Crippen LogP contribution in [0.4, 0.5) is 4.39 Å². The lowest BCUT2D eigenvalue weighted by atomic mass is 9.95. The molecule has 18 heavy (non-hydrogen) atoms. The molecule has 0 saturated heterocycles. The maximum atomic E-state index is 13.3. The van der Waals surface area contributed by atoms with Crippen molar-refractivity contribution in [2.45, 2.75) is 13.0 Å². The molecule has 0 aromatic heterocycles. The largest absolute Gasteiger partial charge is 0.309 e. The second kappa shape index (κ2) is 5.51. The highest BCUT2D eigenvalue weighted by Crippen LogP contribution is 2.28. The van der Waals surface area contributed by atoms with E-state index >= 15 is 0 Å². The number of hydrogen-bond acceptors (Lipinski definition) is 1.